The highest BCUT2D eigenvalue weighted by atomic mass is 35.5. The summed E-state index contributed by atoms with van der Waals surface area (Å²) in [7, 11) is 0. The van der Waals surface area contributed by atoms with Crippen molar-refractivity contribution in [3.63, 3.8) is 0 Å². The van der Waals surface area contributed by atoms with Gasteiger partial charge in [-0.15, -0.1) is 0 Å². The minimum absolute atomic E-state index is 0.0435. The summed E-state index contributed by atoms with van der Waals surface area (Å²) in [5, 5.41) is 21.9. The van der Waals surface area contributed by atoms with Crippen molar-refractivity contribution in [2.45, 2.75) is 32.0 Å². The number of halogens is 4. The number of nitrogens with one attached hydrogen (secondary N) is 2. The topological polar surface area (TPSA) is 105 Å². The van der Waals surface area contributed by atoms with Gasteiger partial charge in [0.1, 0.15) is 5.75 Å². The Morgan fingerprint density at radius 2 is 2.14 bits per heavy atom. The van der Waals surface area contributed by atoms with Gasteiger partial charge >= 0.3 is 6.61 Å². The van der Waals surface area contributed by atoms with Crippen LogP contribution in [0.1, 0.15) is 18.9 Å². The first kappa shape index (κ1) is 26.6. The van der Waals surface area contributed by atoms with E-state index in [1.54, 1.807) is 29.2 Å². The molecule has 1 amide bonds. The summed E-state index contributed by atoms with van der Waals surface area (Å²) in [4.78, 5) is 19.4. The summed E-state index contributed by atoms with van der Waals surface area (Å²) >= 11 is 12.4. The molecule has 0 radical (unpaired) electrons. The van der Waals surface area contributed by atoms with Gasteiger partial charge in [0.2, 0.25) is 11.9 Å². The Labute approximate surface area is 222 Å². The average molecular weight is 550 g/mol. The van der Waals surface area contributed by atoms with Crippen molar-refractivity contribution >= 4 is 46.5 Å². The first-order valence-electron chi connectivity index (χ1n) is 11.4. The molecule has 1 saturated heterocycles. The van der Waals surface area contributed by atoms with Crippen LogP contribution in [0.4, 0.5) is 14.5 Å². The van der Waals surface area contributed by atoms with Crippen LogP contribution in [-0.2, 0) is 4.79 Å². The maximum atomic E-state index is 13.2. The molecule has 0 spiro atoms. The SMILES string of the molecule is CCN(C(=O)[C@H]1CCN1)C1CN(C(=Nc2cccc(OC(F)F)c2)NC#N)N=C1c1ccc(Cl)c(Cl)c1. The van der Waals surface area contributed by atoms with E-state index in [0.717, 1.165) is 13.0 Å². The number of alkyl halides is 2. The van der Waals surface area contributed by atoms with E-state index in [1.807, 2.05) is 13.1 Å². The van der Waals surface area contributed by atoms with Crippen molar-refractivity contribution in [1.29, 1.82) is 5.26 Å². The van der Waals surface area contributed by atoms with Gasteiger partial charge in [-0.05, 0) is 44.2 Å². The van der Waals surface area contributed by atoms with Crippen LogP contribution in [0.2, 0.25) is 10.0 Å². The fraction of sp³-hybridized carbons (Fsp3) is 0.333. The lowest BCUT2D eigenvalue weighted by molar-refractivity contribution is -0.136. The number of hydrogen-bond acceptors (Lipinski definition) is 6. The highest BCUT2D eigenvalue weighted by Gasteiger charge is 2.39. The number of likely N-dealkylation sites (N-methyl/N-ethyl adjacent to an activating group) is 1. The summed E-state index contributed by atoms with van der Waals surface area (Å²) in [6.45, 7) is 0.263. The molecule has 0 saturated carbocycles. The molecule has 0 aliphatic carbocycles. The van der Waals surface area contributed by atoms with Crippen LogP contribution in [0.15, 0.2) is 52.6 Å². The highest BCUT2D eigenvalue weighted by Crippen LogP contribution is 2.28. The summed E-state index contributed by atoms with van der Waals surface area (Å²) in [6.07, 6.45) is 2.57. The number of rotatable bonds is 7. The van der Waals surface area contributed by atoms with E-state index in [2.05, 4.69) is 25.5 Å². The van der Waals surface area contributed by atoms with Gasteiger partial charge in [-0.3, -0.25) is 10.1 Å². The Morgan fingerprint density at radius 3 is 2.76 bits per heavy atom. The third kappa shape index (κ3) is 6.10. The number of hydrogen-bond donors (Lipinski definition) is 2. The zero-order chi connectivity index (χ0) is 26.5. The summed E-state index contributed by atoms with van der Waals surface area (Å²) in [5.41, 5.74) is 1.45. The number of ether oxygens (including phenoxy) is 1. The number of carbonyl (C=O) groups is 1. The van der Waals surface area contributed by atoms with Crippen molar-refractivity contribution in [1.82, 2.24) is 20.5 Å². The van der Waals surface area contributed by atoms with Crippen LogP contribution in [0, 0.1) is 11.5 Å². The van der Waals surface area contributed by atoms with Crippen molar-refractivity contribution in [2.75, 3.05) is 19.6 Å². The molecular formula is C24H23Cl2F2N7O2. The molecule has 2 heterocycles. The standard InChI is InChI=1S/C24H23Cl2F2N7O2/c1-2-34(22(36)19-8-9-30-19)20-12-35(33-21(20)14-6-7-17(25)18(26)10-14)24(31-13-29)32-15-4-3-5-16(11-15)37-23(27)28/h3-7,10-11,19-20,23,30H,2,8-9,12H2,1H3,(H,31,32)/t19-,20?/m1/s1. The molecule has 2 aromatic carbocycles. The lowest BCUT2D eigenvalue weighted by atomic mass is 9.99. The Bertz CT molecular complexity index is 1260. The second kappa shape index (κ2) is 11.7. The zero-order valence-electron chi connectivity index (χ0n) is 19.7. The lowest BCUT2D eigenvalue weighted by Gasteiger charge is -2.36. The van der Waals surface area contributed by atoms with E-state index >= 15 is 0 Å². The van der Waals surface area contributed by atoms with Gasteiger partial charge in [0.05, 0.1) is 40.1 Å². The fourth-order valence-corrected chi connectivity index (χ4v) is 4.35. The zero-order valence-corrected chi connectivity index (χ0v) is 21.2. The van der Waals surface area contributed by atoms with Crippen LogP contribution in [-0.4, -0.2) is 65.8 Å². The largest absolute Gasteiger partial charge is 0.435 e. The van der Waals surface area contributed by atoms with Crippen LogP contribution < -0.4 is 15.4 Å². The quantitative estimate of drug-likeness (QED) is 0.234. The number of benzene rings is 2. The molecule has 9 nitrogen and oxygen atoms in total. The number of aliphatic imine (C=N–C) groups is 1. The van der Waals surface area contributed by atoms with E-state index in [4.69, 9.17) is 23.2 Å². The molecule has 13 heteroatoms. The van der Waals surface area contributed by atoms with Crippen molar-refractivity contribution in [3.8, 4) is 11.9 Å². The Kier molecular flexibility index (Phi) is 8.43. The van der Waals surface area contributed by atoms with E-state index in [9.17, 15) is 18.8 Å². The molecule has 0 aromatic heterocycles. The van der Waals surface area contributed by atoms with Crippen molar-refractivity contribution in [3.05, 3.63) is 58.1 Å². The third-order valence-electron chi connectivity index (χ3n) is 5.92. The molecule has 1 fully saturated rings. The van der Waals surface area contributed by atoms with Gasteiger partial charge in [-0.1, -0.05) is 35.3 Å². The normalized spacial score (nSPS) is 19.2. The number of amides is 1. The first-order chi connectivity index (χ1) is 17.8. The minimum Gasteiger partial charge on any atom is -0.435 e. The van der Waals surface area contributed by atoms with Crippen molar-refractivity contribution < 1.29 is 18.3 Å². The van der Waals surface area contributed by atoms with Gasteiger partial charge < -0.3 is 15.0 Å². The molecule has 2 aromatic rings. The molecule has 4 rings (SSSR count). The van der Waals surface area contributed by atoms with E-state index < -0.39 is 12.7 Å². The van der Waals surface area contributed by atoms with Gasteiger partial charge in [-0.25, -0.2) is 10.0 Å². The summed E-state index contributed by atoms with van der Waals surface area (Å²) in [5.74, 6) is -0.0958. The molecule has 2 aliphatic rings. The van der Waals surface area contributed by atoms with Gasteiger partial charge in [0.15, 0.2) is 6.19 Å². The molecule has 2 aliphatic heterocycles. The Hall–Kier alpha value is -3.46. The maximum Gasteiger partial charge on any atom is 0.387 e. The predicted molar refractivity (Wildman–Crippen MR) is 136 cm³/mol. The molecule has 194 valence electrons. The van der Waals surface area contributed by atoms with Crippen LogP contribution >= 0.6 is 23.2 Å². The number of guanidine groups is 1. The number of hydrazone groups is 1. The number of nitrogens with zero attached hydrogens (tertiary/aromatic N) is 5. The van der Waals surface area contributed by atoms with Crippen LogP contribution in [0.25, 0.3) is 0 Å². The monoisotopic (exact) mass is 549 g/mol. The summed E-state index contributed by atoms with van der Waals surface area (Å²) < 4.78 is 29.7. The third-order valence-corrected chi connectivity index (χ3v) is 6.66. The average Bonchev–Trinajstić information content (AvgIpc) is 3.25. The first-order valence-corrected chi connectivity index (χ1v) is 12.2. The van der Waals surface area contributed by atoms with Crippen LogP contribution in [0.5, 0.6) is 5.75 Å². The lowest BCUT2D eigenvalue weighted by Crippen LogP contribution is -2.58. The van der Waals surface area contributed by atoms with Gasteiger partial charge in [0, 0.05) is 18.2 Å². The molecule has 1 unspecified atom stereocenters. The van der Waals surface area contributed by atoms with E-state index in [1.165, 1.54) is 23.2 Å². The van der Waals surface area contributed by atoms with Gasteiger partial charge in [0.25, 0.3) is 0 Å². The van der Waals surface area contributed by atoms with Crippen LogP contribution in [0.3, 0.4) is 0 Å². The maximum absolute atomic E-state index is 13.2. The highest BCUT2D eigenvalue weighted by molar-refractivity contribution is 6.42. The fourth-order valence-electron chi connectivity index (χ4n) is 4.05. The molecular weight excluding hydrogens is 527 g/mol. The molecule has 37 heavy (non-hydrogen) atoms. The summed E-state index contributed by atoms with van der Waals surface area (Å²) in [6, 6.07) is 10.1. The minimum atomic E-state index is -2.99. The number of nitriles is 1. The Morgan fingerprint density at radius 1 is 1.35 bits per heavy atom. The van der Waals surface area contributed by atoms with Crippen molar-refractivity contribution in [2.24, 2.45) is 10.1 Å². The van der Waals surface area contributed by atoms with E-state index in [0.29, 0.717) is 27.9 Å². The van der Waals surface area contributed by atoms with E-state index in [-0.39, 0.29) is 35.9 Å². The molecule has 0 bridgehead atoms. The smallest absolute Gasteiger partial charge is 0.387 e. The predicted octanol–water partition coefficient (Wildman–Crippen LogP) is 3.95. The Balaban J connectivity index is 1.72. The number of carbonyl (C=O) groups excluding carboxylic acids is 1. The molecule has 2 atom stereocenters. The second-order valence-electron chi connectivity index (χ2n) is 8.18. The molecule has 2 N–H and O–H groups in total. The second-order valence-corrected chi connectivity index (χ2v) is 8.99. The van der Waals surface area contributed by atoms with Gasteiger partial charge in [-0.2, -0.15) is 19.1 Å².